The number of aromatic nitrogens is 1. The number of nitrogens with zero attached hydrogens (tertiary/aromatic N) is 6. The van der Waals surface area contributed by atoms with E-state index < -0.39 is 0 Å². The third-order valence-corrected chi connectivity index (χ3v) is 9.41. The first kappa shape index (κ1) is 25.7. The van der Waals surface area contributed by atoms with E-state index in [0.29, 0.717) is 17.6 Å². The smallest absolute Gasteiger partial charge is 0.115 e. The minimum absolute atomic E-state index is 0.0232. The Balaban J connectivity index is 0.968. The minimum Gasteiger partial charge on any atom is -0.369 e. The van der Waals surface area contributed by atoms with Crippen LogP contribution in [0, 0.1) is 11.3 Å². The lowest BCUT2D eigenvalue weighted by molar-refractivity contribution is -0.0828. The van der Waals surface area contributed by atoms with Gasteiger partial charge in [0.25, 0.3) is 0 Å². The van der Waals surface area contributed by atoms with Crippen LogP contribution in [0.4, 0.5) is 11.4 Å². The van der Waals surface area contributed by atoms with Crippen molar-refractivity contribution in [2.45, 2.75) is 31.0 Å². The minimum atomic E-state index is 0.0232. The Morgan fingerprint density at radius 2 is 1.93 bits per heavy atom. The van der Waals surface area contributed by atoms with Gasteiger partial charge in [-0.05, 0) is 55.3 Å². The van der Waals surface area contributed by atoms with E-state index in [1.165, 1.54) is 16.9 Å². The molecule has 1 aromatic heterocycles. The summed E-state index contributed by atoms with van der Waals surface area (Å²) in [6.07, 6.45) is 2.86. The molecule has 0 amide bonds. The van der Waals surface area contributed by atoms with Crippen LogP contribution in [0.1, 0.15) is 18.1 Å². The Kier molecular flexibility index (Phi) is 6.84. The predicted octanol–water partition coefficient (Wildman–Crippen LogP) is 2.72. The molecule has 0 bridgehead atoms. The quantitative estimate of drug-likeness (QED) is 0.533. The summed E-state index contributed by atoms with van der Waals surface area (Å²) in [7, 11) is 0. The zero-order valence-corrected chi connectivity index (χ0v) is 23.4. The summed E-state index contributed by atoms with van der Waals surface area (Å²) in [6, 6.07) is 20.6. The van der Waals surface area contributed by atoms with E-state index in [0.717, 1.165) is 89.4 Å². The molecule has 1 spiro atoms. The molecule has 2 aromatic carbocycles. The standard InChI is InChI=1S/C32H39N7O/c1-24-18-37(30-9-6-26(17-33)31-29(30)3-2-11-35-31)20-28-19-36(14-15-39(24)28)13-10-25-4-7-27(8-5-25)38-22-32(23-38)21-34-12-16-40-32/h2-9,11,24,28,34H,10,12-16,18-23H2,1H3. The Labute approximate surface area is 237 Å². The van der Waals surface area contributed by atoms with Crippen molar-refractivity contribution in [2.24, 2.45) is 0 Å². The molecule has 4 saturated heterocycles. The molecule has 3 aromatic rings. The summed E-state index contributed by atoms with van der Waals surface area (Å²) in [5.41, 5.74) is 5.39. The maximum absolute atomic E-state index is 9.57. The maximum atomic E-state index is 9.57. The van der Waals surface area contributed by atoms with Crippen LogP contribution >= 0.6 is 0 Å². The van der Waals surface area contributed by atoms with Crippen LogP contribution in [0.5, 0.6) is 0 Å². The number of hydrogen-bond donors (Lipinski definition) is 1. The molecular weight excluding hydrogens is 498 g/mol. The van der Waals surface area contributed by atoms with Gasteiger partial charge in [-0.2, -0.15) is 5.26 Å². The summed E-state index contributed by atoms with van der Waals surface area (Å²) in [4.78, 5) is 14.8. The van der Waals surface area contributed by atoms with Crippen LogP contribution in [0.15, 0.2) is 54.7 Å². The van der Waals surface area contributed by atoms with E-state index in [9.17, 15) is 5.26 Å². The molecule has 8 heteroatoms. The highest BCUT2D eigenvalue weighted by Gasteiger charge is 2.45. The second kappa shape index (κ2) is 10.6. The highest BCUT2D eigenvalue weighted by Crippen LogP contribution is 2.33. The highest BCUT2D eigenvalue weighted by atomic mass is 16.5. The van der Waals surface area contributed by atoms with Crippen LogP contribution in [-0.2, 0) is 11.2 Å². The highest BCUT2D eigenvalue weighted by molar-refractivity contribution is 5.95. The molecule has 2 atom stereocenters. The number of anilines is 2. The first-order chi connectivity index (χ1) is 19.6. The van der Waals surface area contributed by atoms with Crippen LogP contribution in [0.25, 0.3) is 10.9 Å². The van der Waals surface area contributed by atoms with Crippen LogP contribution < -0.4 is 15.1 Å². The largest absolute Gasteiger partial charge is 0.369 e. The fraction of sp³-hybridized carbons (Fsp3) is 0.500. The van der Waals surface area contributed by atoms with Crippen molar-refractivity contribution in [1.29, 1.82) is 5.26 Å². The van der Waals surface area contributed by atoms with Crippen molar-refractivity contribution in [2.75, 3.05) is 81.9 Å². The van der Waals surface area contributed by atoms with Crippen LogP contribution in [0.2, 0.25) is 0 Å². The molecule has 7 rings (SSSR count). The van der Waals surface area contributed by atoms with Gasteiger partial charge in [-0.3, -0.25) is 9.88 Å². The van der Waals surface area contributed by atoms with E-state index in [2.05, 4.69) is 79.3 Å². The van der Waals surface area contributed by atoms with Crippen molar-refractivity contribution in [3.8, 4) is 6.07 Å². The second-order valence-corrected chi connectivity index (χ2v) is 12.1. The van der Waals surface area contributed by atoms with Crippen molar-refractivity contribution in [1.82, 2.24) is 20.1 Å². The molecule has 0 aliphatic carbocycles. The topological polar surface area (TPSA) is 70.9 Å². The fourth-order valence-corrected chi connectivity index (χ4v) is 7.26. The number of fused-ring (bicyclic) bond motifs is 2. The first-order valence-corrected chi connectivity index (χ1v) is 14.8. The number of ether oxygens (including phenoxy) is 1. The molecule has 5 heterocycles. The third-order valence-electron chi connectivity index (χ3n) is 9.41. The molecule has 0 radical (unpaired) electrons. The fourth-order valence-electron chi connectivity index (χ4n) is 7.26. The Morgan fingerprint density at radius 3 is 2.73 bits per heavy atom. The number of benzene rings is 2. The number of morpholine rings is 1. The Hall–Kier alpha value is -3.22. The van der Waals surface area contributed by atoms with Crippen molar-refractivity contribution in [3.63, 3.8) is 0 Å². The summed E-state index contributed by atoms with van der Waals surface area (Å²) < 4.78 is 6.06. The normalized spacial score (nSPS) is 25.0. The number of piperazine rings is 2. The van der Waals surface area contributed by atoms with E-state index in [1.807, 2.05) is 12.1 Å². The number of pyridine rings is 1. The monoisotopic (exact) mass is 537 g/mol. The van der Waals surface area contributed by atoms with E-state index in [1.54, 1.807) is 6.20 Å². The summed E-state index contributed by atoms with van der Waals surface area (Å²) in [5, 5.41) is 14.1. The molecular formula is C32H39N7O. The lowest BCUT2D eigenvalue weighted by Gasteiger charge is -2.52. The summed E-state index contributed by atoms with van der Waals surface area (Å²) in [6.45, 7) is 13.5. The number of nitrogens with one attached hydrogen (secondary N) is 1. The van der Waals surface area contributed by atoms with Gasteiger partial charge in [0, 0.05) is 87.4 Å². The summed E-state index contributed by atoms with van der Waals surface area (Å²) in [5.74, 6) is 0. The van der Waals surface area contributed by atoms with Gasteiger partial charge >= 0.3 is 0 Å². The lowest BCUT2D eigenvalue weighted by atomic mass is 9.91. The second-order valence-electron chi connectivity index (χ2n) is 12.1. The third kappa shape index (κ3) is 4.82. The summed E-state index contributed by atoms with van der Waals surface area (Å²) >= 11 is 0. The average Bonchev–Trinajstić information content (AvgIpc) is 2.98. The number of rotatable bonds is 5. The van der Waals surface area contributed by atoms with E-state index >= 15 is 0 Å². The Bertz CT molecular complexity index is 1390. The Morgan fingerprint density at radius 1 is 1.05 bits per heavy atom. The first-order valence-electron chi connectivity index (χ1n) is 14.8. The van der Waals surface area contributed by atoms with E-state index in [-0.39, 0.29) is 5.60 Å². The molecule has 4 aliphatic rings. The van der Waals surface area contributed by atoms with Gasteiger partial charge in [0.05, 0.1) is 30.8 Å². The molecule has 2 unspecified atom stereocenters. The van der Waals surface area contributed by atoms with Crippen LogP contribution in [0.3, 0.4) is 0 Å². The molecule has 40 heavy (non-hydrogen) atoms. The number of nitriles is 1. The average molecular weight is 538 g/mol. The SMILES string of the molecule is CC1CN(c2ccc(C#N)c3ncccc23)CC2CN(CCc3ccc(N4CC5(CNCCO5)C4)cc3)CCN12. The van der Waals surface area contributed by atoms with Gasteiger partial charge < -0.3 is 24.8 Å². The van der Waals surface area contributed by atoms with Gasteiger partial charge in [-0.1, -0.05) is 12.1 Å². The molecule has 4 fully saturated rings. The van der Waals surface area contributed by atoms with Gasteiger partial charge in [0.2, 0.25) is 0 Å². The molecule has 8 nitrogen and oxygen atoms in total. The zero-order chi connectivity index (χ0) is 27.1. The molecule has 1 N–H and O–H groups in total. The van der Waals surface area contributed by atoms with Gasteiger partial charge in [-0.25, -0.2) is 0 Å². The maximum Gasteiger partial charge on any atom is 0.115 e. The lowest BCUT2D eigenvalue weighted by Crippen LogP contribution is -2.69. The van der Waals surface area contributed by atoms with Crippen molar-refractivity contribution >= 4 is 22.3 Å². The van der Waals surface area contributed by atoms with E-state index in [4.69, 9.17) is 4.74 Å². The zero-order valence-electron chi connectivity index (χ0n) is 23.4. The molecule has 0 saturated carbocycles. The van der Waals surface area contributed by atoms with Gasteiger partial charge in [0.1, 0.15) is 11.7 Å². The predicted molar refractivity (Wildman–Crippen MR) is 159 cm³/mol. The van der Waals surface area contributed by atoms with Crippen molar-refractivity contribution in [3.05, 3.63) is 65.9 Å². The molecule has 4 aliphatic heterocycles. The molecule has 208 valence electrons. The van der Waals surface area contributed by atoms with Gasteiger partial charge in [-0.15, -0.1) is 0 Å². The van der Waals surface area contributed by atoms with Crippen LogP contribution in [-0.4, -0.2) is 105 Å². The number of hydrogen-bond acceptors (Lipinski definition) is 8. The van der Waals surface area contributed by atoms with Crippen molar-refractivity contribution < 1.29 is 4.74 Å². The van der Waals surface area contributed by atoms with Gasteiger partial charge in [0.15, 0.2) is 0 Å².